The highest BCUT2D eigenvalue weighted by Gasteiger charge is 2.22. The Morgan fingerprint density at radius 3 is 2.76 bits per heavy atom. The maximum absolute atomic E-state index is 9.22. The number of nitrogens with zero attached hydrogens (tertiary/aromatic N) is 1. The summed E-state index contributed by atoms with van der Waals surface area (Å²) in [4.78, 5) is 2.44. The van der Waals surface area contributed by atoms with Crippen LogP contribution in [0.15, 0.2) is 30.3 Å². The van der Waals surface area contributed by atoms with Crippen LogP contribution in [0.3, 0.4) is 0 Å². The molecule has 17 heavy (non-hydrogen) atoms. The highest BCUT2D eigenvalue weighted by molar-refractivity contribution is 5.14. The summed E-state index contributed by atoms with van der Waals surface area (Å²) in [5.41, 5.74) is 1.39. The van der Waals surface area contributed by atoms with E-state index in [4.69, 9.17) is 0 Å². The summed E-state index contributed by atoms with van der Waals surface area (Å²) in [6, 6.07) is 11.3. The van der Waals surface area contributed by atoms with Crippen LogP contribution >= 0.6 is 0 Å². The van der Waals surface area contributed by atoms with E-state index in [1.165, 1.54) is 5.56 Å². The number of rotatable bonds is 4. The average molecular weight is 234 g/mol. The van der Waals surface area contributed by atoms with Crippen molar-refractivity contribution in [1.29, 1.82) is 0 Å². The quantitative estimate of drug-likeness (QED) is 0.812. The van der Waals surface area contributed by atoms with E-state index in [0.717, 1.165) is 26.1 Å². The van der Waals surface area contributed by atoms with Gasteiger partial charge in [-0.2, -0.15) is 0 Å². The van der Waals surface area contributed by atoms with Crippen LogP contribution in [-0.2, 0) is 6.42 Å². The van der Waals surface area contributed by atoms with Gasteiger partial charge in [-0.3, -0.25) is 4.90 Å². The molecule has 0 saturated carbocycles. The van der Waals surface area contributed by atoms with E-state index in [-0.39, 0.29) is 12.6 Å². The Hall–Kier alpha value is -0.900. The van der Waals surface area contributed by atoms with Crippen LogP contribution in [0.4, 0.5) is 0 Å². The SMILES string of the molecule is CC1CN(CCc2ccccc2)CC(CO)N1. The molecule has 2 rings (SSSR count). The summed E-state index contributed by atoms with van der Waals surface area (Å²) in [7, 11) is 0. The van der Waals surface area contributed by atoms with Crippen LogP contribution < -0.4 is 5.32 Å². The van der Waals surface area contributed by atoms with E-state index in [0.29, 0.717) is 6.04 Å². The van der Waals surface area contributed by atoms with Crippen molar-refractivity contribution in [2.75, 3.05) is 26.2 Å². The van der Waals surface area contributed by atoms with Gasteiger partial charge in [0.15, 0.2) is 0 Å². The molecule has 0 bridgehead atoms. The second-order valence-corrected chi connectivity index (χ2v) is 4.94. The molecule has 0 aromatic heterocycles. The molecule has 1 aromatic carbocycles. The van der Waals surface area contributed by atoms with Crippen LogP contribution in [-0.4, -0.2) is 48.3 Å². The third kappa shape index (κ3) is 3.80. The summed E-state index contributed by atoms with van der Waals surface area (Å²) in [6.45, 7) is 5.51. The molecule has 3 heteroatoms. The highest BCUT2D eigenvalue weighted by Crippen LogP contribution is 2.07. The fourth-order valence-corrected chi connectivity index (χ4v) is 2.51. The minimum atomic E-state index is 0.228. The predicted molar refractivity (Wildman–Crippen MR) is 70.1 cm³/mol. The van der Waals surface area contributed by atoms with E-state index in [1.54, 1.807) is 0 Å². The maximum atomic E-state index is 9.22. The molecule has 3 nitrogen and oxygen atoms in total. The van der Waals surface area contributed by atoms with E-state index in [2.05, 4.69) is 47.5 Å². The monoisotopic (exact) mass is 234 g/mol. The average Bonchev–Trinajstić information content (AvgIpc) is 2.37. The highest BCUT2D eigenvalue weighted by atomic mass is 16.3. The van der Waals surface area contributed by atoms with Gasteiger partial charge in [0.1, 0.15) is 0 Å². The normalized spacial score (nSPS) is 26.0. The molecule has 1 fully saturated rings. The second-order valence-electron chi connectivity index (χ2n) is 4.94. The fraction of sp³-hybridized carbons (Fsp3) is 0.571. The van der Waals surface area contributed by atoms with Crippen LogP contribution in [0.25, 0.3) is 0 Å². The summed E-state index contributed by atoms with van der Waals surface area (Å²) in [5.74, 6) is 0. The smallest absolute Gasteiger partial charge is 0.0597 e. The van der Waals surface area contributed by atoms with Crippen LogP contribution in [0.2, 0.25) is 0 Å². The fourth-order valence-electron chi connectivity index (χ4n) is 2.51. The van der Waals surface area contributed by atoms with E-state index < -0.39 is 0 Å². The minimum absolute atomic E-state index is 0.228. The molecule has 0 radical (unpaired) electrons. The third-order valence-corrected chi connectivity index (χ3v) is 3.31. The first-order valence-electron chi connectivity index (χ1n) is 6.41. The Kier molecular flexibility index (Phi) is 4.54. The molecule has 2 atom stereocenters. The number of hydrogen-bond donors (Lipinski definition) is 2. The van der Waals surface area contributed by atoms with Gasteiger partial charge >= 0.3 is 0 Å². The number of benzene rings is 1. The first kappa shape index (κ1) is 12.6. The van der Waals surface area contributed by atoms with Crippen molar-refractivity contribution in [3.05, 3.63) is 35.9 Å². The molecule has 0 spiro atoms. The Labute approximate surface area is 103 Å². The van der Waals surface area contributed by atoms with Gasteiger partial charge in [0, 0.05) is 31.7 Å². The zero-order valence-electron chi connectivity index (χ0n) is 10.5. The van der Waals surface area contributed by atoms with E-state index >= 15 is 0 Å². The topological polar surface area (TPSA) is 35.5 Å². The first-order valence-corrected chi connectivity index (χ1v) is 6.41. The number of aliphatic hydroxyl groups is 1. The molecule has 94 valence electrons. The van der Waals surface area contributed by atoms with Crippen molar-refractivity contribution in [3.8, 4) is 0 Å². The molecular formula is C14H22N2O. The van der Waals surface area contributed by atoms with Gasteiger partial charge in [0.05, 0.1) is 6.61 Å². The summed E-state index contributed by atoms with van der Waals surface area (Å²) in [5, 5.41) is 12.6. The lowest BCUT2D eigenvalue weighted by atomic mass is 10.1. The zero-order valence-corrected chi connectivity index (χ0v) is 10.5. The molecule has 2 unspecified atom stereocenters. The van der Waals surface area contributed by atoms with Gasteiger partial charge in [0.25, 0.3) is 0 Å². The standard InChI is InChI=1S/C14H22N2O/c1-12-9-16(10-14(11-17)15-12)8-7-13-5-3-2-4-6-13/h2-6,12,14-15,17H,7-11H2,1H3. The van der Waals surface area contributed by atoms with Crippen molar-refractivity contribution in [1.82, 2.24) is 10.2 Å². The molecule has 2 N–H and O–H groups in total. The maximum Gasteiger partial charge on any atom is 0.0597 e. The lowest BCUT2D eigenvalue weighted by Gasteiger charge is -2.36. The number of nitrogens with one attached hydrogen (secondary N) is 1. The van der Waals surface area contributed by atoms with Crippen molar-refractivity contribution in [3.63, 3.8) is 0 Å². The Balaban J connectivity index is 1.82. The summed E-state index contributed by atoms with van der Waals surface area (Å²) < 4.78 is 0. The van der Waals surface area contributed by atoms with Gasteiger partial charge in [0.2, 0.25) is 0 Å². The molecule has 1 saturated heterocycles. The van der Waals surface area contributed by atoms with Crippen molar-refractivity contribution >= 4 is 0 Å². The van der Waals surface area contributed by atoms with Crippen LogP contribution in [0, 0.1) is 0 Å². The Morgan fingerprint density at radius 1 is 1.29 bits per heavy atom. The van der Waals surface area contributed by atoms with Gasteiger partial charge in [-0.05, 0) is 18.9 Å². The third-order valence-electron chi connectivity index (χ3n) is 3.31. The second kappa shape index (κ2) is 6.15. The van der Waals surface area contributed by atoms with Gasteiger partial charge in [-0.25, -0.2) is 0 Å². The minimum Gasteiger partial charge on any atom is -0.395 e. The van der Waals surface area contributed by atoms with Crippen LogP contribution in [0.5, 0.6) is 0 Å². The molecular weight excluding hydrogens is 212 g/mol. The van der Waals surface area contributed by atoms with Crippen molar-refractivity contribution in [2.24, 2.45) is 0 Å². The predicted octanol–water partition coefficient (Wildman–Crippen LogP) is 0.884. The summed E-state index contributed by atoms with van der Waals surface area (Å²) >= 11 is 0. The van der Waals surface area contributed by atoms with Gasteiger partial charge in [-0.15, -0.1) is 0 Å². The molecule has 1 aliphatic heterocycles. The molecule has 0 aliphatic carbocycles. The number of piperazine rings is 1. The molecule has 1 aromatic rings. The van der Waals surface area contributed by atoms with Crippen LogP contribution in [0.1, 0.15) is 12.5 Å². The zero-order chi connectivity index (χ0) is 12.1. The van der Waals surface area contributed by atoms with Crippen molar-refractivity contribution < 1.29 is 5.11 Å². The number of aliphatic hydroxyl groups excluding tert-OH is 1. The Bertz CT molecular complexity index is 328. The van der Waals surface area contributed by atoms with Crippen molar-refractivity contribution in [2.45, 2.75) is 25.4 Å². The number of hydrogen-bond acceptors (Lipinski definition) is 3. The Morgan fingerprint density at radius 2 is 2.06 bits per heavy atom. The van der Waals surface area contributed by atoms with E-state index in [9.17, 15) is 5.11 Å². The van der Waals surface area contributed by atoms with E-state index in [1.807, 2.05) is 0 Å². The lowest BCUT2D eigenvalue weighted by molar-refractivity contribution is 0.125. The summed E-state index contributed by atoms with van der Waals surface area (Å²) in [6.07, 6.45) is 1.09. The molecule has 0 amide bonds. The first-order chi connectivity index (χ1) is 8.28. The van der Waals surface area contributed by atoms with Gasteiger partial charge in [-0.1, -0.05) is 30.3 Å². The molecule has 1 heterocycles. The van der Waals surface area contributed by atoms with Gasteiger partial charge < -0.3 is 10.4 Å². The molecule has 1 aliphatic rings. The largest absolute Gasteiger partial charge is 0.395 e. The lowest BCUT2D eigenvalue weighted by Crippen LogP contribution is -2.57.